The number of aryl methyl sites for hydroxylation is 1. The summed E-state index contributed by atoms with van der Waals surface area (Å²) in [6, 6.07) is 6.59. The molecular formula is C23H29FN4O5. The van der Waals surface area contributed by atoms with E-state index in [9.17, 15) is 19.4 Å². The number of benzene rings is 1. The summed E-state index contributed by atoms with van der Waals surface area (Å²) in [5.41, 5.74) is 0.818. The summed E-state index contributed by atoms with van der Waals surface area (Å²) < 4.78 is 22.5. The average molecular weight is 461 g/mol. The molecule has 9 nitrogen and oxygen atoms in total. The molecule has 0 saturated carbocycles. The molecule has 4 N–H and O–H groups in total. The molecule has 178 valence electrons. The fourth-order valence-corrected chi connectivity index (χ4v) is 3.37. The van der Waals surface area contributed by atoms with Crippen LogP contribution in [0.15, 0.2) is 42.7 Å². The summed E-state index contributed by atoms with van der Waals surface area (Å²) in [6.45, 7) is 5.39. The van der Waals surface area contributed by atoms with Crippen molar-refractivity contribution < 1.29 is 29.2 Å². The third kappa shape index (κ3) is 6.33. The van der Waals surface area contributed by atoms with Crippen LogP contribution < -0.4 is 10.1 Å². The second-order valence-corrected chi connectivity index (χ2v) is 8.37. The van der Waals surface area contributed by atoms with E-state index >= 15 is 0 Å². The second kappa shape index (κ2) is 10.5. The van der Waals surface area contributed by atoms with Crippen molar-refractivity contribution in [2.24, 2.45) is 5.92 Å². The van der Waals surface area contributed by atoms with Crippen LogP contribution in [0.2, 0.25) is 0 Å². The van der Waals surface area contributed by atoms with Gasteiger partial charge in [0.05, 0.1) is 25.5 Å². The molecule has 33 heavy (non-hydrogen) atoms. The van der Waals surface area contributed by atoms with E-state index in [-0.39, 0.29) is 35.7 Å². The Kier molecular flexibility index (Phi) is 7.72. The second-order valence-electron chi connectivity index (χ2n) is 8.37. The summed E-state index contributed by atoms with van der Waals surface area (Å²) >= 11 is 0. The van der Waals surface area contributed by atoms with Crippen LogP contribution in [0.25, 0.3) is 0 Å². The molecule has 0 saturated heterocycles. The maximum atomic E-state index is 14.1. The van der Waals surface area contributed by atoms with Crippen LogP contribution in [0.1, 0.15) is 31.9 Å². The molecule has 0 spiro atoms. The average Bonchev–Trinajstić information content (AvgIpc) is 3.34. The molecule has 0 unspecified atom stereocenters. The molecule has 1 aromatic carbocycles. The molecule has 0 aliphatic carbocycles. The molecule has 0 fully saturated rings. The largest absolute Gasteiger partial charge is 0.494 e. The monoisotopic (exact) mass is 460 g/mol. The molecule has 2 atom stereocenters. The Morgan fingerprint density at radius 2 is 2.03 bits per heavy atom. The van der Waals surface area contributed by atoms with Gasteiger partial charge in [-0.05, 0) is 37.0 Å². The van der Waals surface area contributed by atoms with Gasteiger partial charge in [0, 0.05) is 18.3 Å². The zero-order valence-electron chi connectivity index (χ0n) is 18.8. The molecule has 2 aromatic heterocycles. The Morgan fingerprint density at radius 3 is 2.73 bits per heavy atom. The Bertz CT molecular complexity index is 1090. The number of hydrogen-bond donors (Lipinski definition) is 4. The first-order chi connectivity index (χ1) is 15.7. The first-order valence-corrected chi connectivity index (χ1v) is 10.6. The minimum absolute atomic E-state index is 0.0209. The standard InChI is InChI=1S/C23H29FN4O5/c1-14(2)8-19(23(32)25-21-6-7-27(26-21)11-16(30)13-29)28-12-17(10-22(28)31)33-20-9-15(3)4-5-18(20)24/h4-7,9-10,12,14,16,19,29-31H,8,11,13H2,1-3H3,(H,25,26,32)/t16-,19+/m1/s1. The minimum Gasteiger partial charge on any atom is -0.494 e. The van der Waals surface area contributed by atoms with Crippen molar-refractivity contribution in [1.82, 2.24) is 14.3 Å². The highest BCUT2D eigenvalue weighted by molar-refractivity contribution is 5.93. The van der Waals surface area contributed by atoms with Gasteiger partial charge in [0.2, 0.25) is 5.91 Å². The van der Waals surface area contributed by atoms with Gasteiger partial charge in [0.1, 0.15) is 11.8 Å². The number of carbonyl (C=O) groups excluding carboxylic acids is 1. The fraction of sp³-hybridized carbons (Fsp3) is 0.391. The van der Waals surface area contributed by atoms with Crippen LogP contribution in [0.3, 0.4) is 0 Å². The van der Waals surface area contributed by atoms with E-state index < -0.39 is 30.5 Å². The zero-order valence-corrected chi connectivity index (χ0v) is 18.8. The lowest BCUT2D eigenvalue weighted by Crippen LogP contribution is -2.27. The van der Waals surface area contributed by atoms with Gasteiger partial charge < -0.3 is 29.9 Å². The van der Waals surface area contributed by atoms with Crippen LogP contribution in [0, 0.1) is 18.7 Å². The van der Waals surface area contributed by atoms with Crippen molar-refractivity contribution in [3.8, 4) is 17.4 Å². The molecule has 3 aromatic rings. The number of hydrogen-bond acceptors (Lipinski definition) is 6. The topological polar surface area (TPSA) is 122 Å². The lowest BCUT2D eigenvalue weighted by atomic mass is 10.0. The number of rotatable bonds is 10. The molecule has 0 bridgehead atoms. The molecule has 10 heteroatoms. The van der Waals surface area contributed by atoms with Crippen LogP contribution in [0.4, 0.5) is 10.2 Å². The SMILES string of the molecule is Cc1ccc(F)c(Oc2cc(O)n([C@@H](CC(C)C)C(=O)Nc3ccn(C[C@@H](O)CO)n3)c2)c1. The summed E-state index contributed by atoms with van der Waals surface area (Å²) in [7, 11) is 0. The lowest BCUT2D eigenvalue weighted by molar-refractivity contribution is -0.119. The van der Waals surface area contributed by atoms with Crippen molar-refractivity contribution in [2.75, 3.05) is 11.9 Å². The molecule has 2 heterocycles. The number of nitrogens with zero attached hydrogens (tertiary/aromatic N) is 3. The minimum atomic E-state index is -0.962. The van der Waals surface area contributed by atoms with Crippen molar-refractivity contribution in [3.05, 3.63) is 54.1 Å². The summed E-state index contributed by atoms with van der Waals surface area (Å²) in [6.07, 6.45) is 2.48. The van der Waals surface area contributed by atoms with Crippen molar-refractivity contribution in [3.63, 3.8) is 0 Å². The fourth-order valence-electron chi connectivity index (χ4n) is 3.37. The number of ether oxygens (including phenoxy) is 1. The van der Waals surface area contributed by atoms with E-state index in [1.165, 1.54) is 27.6 Å². The third-order valence-electron chi connectivity index (χ3n) is 4.95. The van der Waals surface area contributed by atoms with Gasteiger partial charge in [0.25, 0.3) is 0 Å². The number of halogens is 1. The highest BCUT2D eigenvalue weighted by atomic mass is 19.1. The molecule has 0 aliphatic rings. The van der Waals surface area contributed by atoms with E-state index in [0.29, 0.717) is 6.42 Å². The van der Waals surface area contributed by atoms with E-state index in [1.807, 2.05) is 20.8 Å². The van der Waals surface area contributed by atoms with Crippen molar-refractivity contribution >= 4 is 11.7 Å². The number of aromatic hydroxyl groups is 1. The number of anilines is 1. The predicted octanol–water partition coefficient (Wildman–Crippen LogP) is 3.21. The highest BCUT2D eigenvalue weighted by Crippen LogP contribution is 2.33. The van der Waals surface area contributed by atoms with Crippen molar-refractivity contribution in [1.29, 1.82) is 0 Å². The predicted molar refractivity (Wildman–Crippen MR) is 120 cm³/mol. The Labute approximate surface area is 191 Å². The Hall–Kier alpha value is -3.37. The van der Waals surface area contributed by atoms with Crippen LogP contribution in [-0.4, -0.2) is 48.3 Å². The van der Waals surface area contributed by atoms with Gasteiger partial charge >= 0.3 is 0 Å². The molecule has 0 radical (unpaired) electrons. The van der Waals surface area contributed by atoms with Crippen molar-refractivity contribution in [2.45, 2.75) is 45.9 Å². The molecule has 3 rings (SSSR count). The number of amides is 1. The number of aliphatic hydroxyl groups excluding tert-OH is 2. The summed E-state index contributed by atoms with van der Waals surface area (Å²) in [4.78, 5) is 13.1. The van der Waals surface area contributed by atoms with E-state index in [4.69, 9.17) is 9.84 Å². The van der Waals surface area contributed by atoms with Gasteiger partial charge in [-0.3, -0.25) is 9.48 Å². The van der Waals surface area contributed by atoms with E-state index in [0.717, 1.165) is 5.56 Å². The smallest absolute Gasteiger partial charge is 0.248 e. The summed E-state index contributed by atoms with van der Waals surface area (Å²) in [5.74, 6) is -0.534. The molecule has 1 amide bonds. The zero-order chi connectivity index (χ0) is 24.1. The van der Waals surface area contributed by atoms with Gasteiger partial charge in [-0.1, -0.05) is 19.9 Å². The van der Waals surface area contributed by atoms with E-state index in [2.05, 4.69) is 10.4 Å². The Morgan fingerprint density at radius 1 is 1.27 bits per heavy atom. The highest BCUT2D eigenvalue weighted by Gasteiger charge is 2.26. The first-order valence-electron chi connectivity index (χ1n) is 10.6. The van der Waals surface area contributed by atoms with Crippen LogP contribution in [-0.2, 0) is 11.3 Å². The maximum Gasteiger partial charge on any atom is 0.248 e. The maximum absolute atomic E-state index is 14.1. The van der Waals surface area contributed by atoms with Crippen LogP contribution in [0.5, 0.6) is 17.4 Å². The van der Waals surface area contributed by atoms with Gasteiger partial charge in [-0.15, -0.1) is 0 Å². The quantitative estimate of drug-likeness (QED) is 0.369. The lowest BCUT2D eigenvalue weighted by Gasteiger charge is -2.20. The van der Waals surface area contributed by atoms with Gasteiger partial charge in [-0.2, -0.15) is 5.10 Å². The molecule has 0 aliphatic heterocycles. The molecular weight excluding hydrogens is 431 g/mol. The van der Waals surface area contributed by atoms with Crippen LogP contribution >= 0.6 is 0 Å². The number of aromatic nitrogens is 3. The first kappa shape index (κ1) is 24.3. The van der Waals surface area contributed by atoms with Gasteiger partial charge in [0.15, 0.2) is 23.3 Å². The third-order valence-corrected chi connectivity index (χ3v) is 4.95. The number of carbonyl (C=O) groups is 1. The number of nitrogens with one attached hydrogen (secondary N) is 1. The van der Waals surface area contributed by atoms with E-state index in [1.54, 1.807) is 24.4 Å². The Balaban J connectivity index is 1.79. The number of aliphatic hydroxyl groups is 2. The van der Waals surface area contributed by atoms with Gasteiger partial charge in [-0.25, -0.2) is 4.39 Å². The summed E-state index contributed by atoms with van der Waals surface area (Å²) in [5, 5.41) is 35.9. The normalized spacial score (nSPS) is 13.2.